The van der Waals surface area contributed by atoms with Crippen LogP contribution in [0.5, 0.6) is 0 Å². The Hall–Kier alpha value is -0.0900. The Morgan fingerprint density at radius 3 is 1.60 bits per heavy atom. The SMILES string of the molecule is C.C.C.CC(C)(C)C1CC1CN(C(C)(C)C)S(C)(=O)=O. The van der Waals surface area contributed by atoms with Crippen LogP contribution >= 0.6 is 0 Å². The van der Waals surface area contributed by atoms with E-state index in [-0.39, 0.29) is 27.8 Å². The fourth-order valence-corrected chi connectivity index (χ4v) is 4.09. The Balaban J connectivity index is -0.000000963. The zero-order chi connectivity index (χ0) is 13.6. The van der Waals surface area contributed by atoms with E-state index in [1.165, 1.54) is 6.26 Å². The zero-order valence-electron chi connectivity index (χ0n) is 12.2. The van der Waals surface area contributed by atoms with Gasteiger partial charge in [-0.3, -0.25) is 0 Å². The lowest BCUT2D eigenvalue weighted by Crippen LogP contribution is -2.46. The molecule has 3 nitrogen and oxygen atoms in total. The monoisotopic (exact) mass is 309 g/mol. The van der Waals surface area contributed by atoms with Gasteiger partial charge in [-0.1, -0.05) is 43.1 Å². The lowest BCUT2D eigenvalue weighted by molar-refractivity contribution is 0.226. The first-order valence-corrected chi connectivity index (χ1v) is 8.16. The standard InChI is InChI=1S/C13H27NO2S.3CH4/c1-12(2,3)11-8-10(11)9-14(13(4,5)6)17(7,15)16;;;/h10-11H,8-9H2,1-7H3;3*1H4. The number of hydrogen-bond acceptors (Lipinski definition) is 2. The average Bonchev–Trinajstić information content (AvgIpc) is 2.72. The third kappa shape index (κ3) is 6.57. The summed E-state index contributed by atoms with van der Waals surface area (Å²) >= 11 is 0. The van der Waals surface area contributed by atoms with E-state index in [2.05, 4.69) is 20.8 Å². The van der Waals surface area contributed by atoms with E-state index < -0.39 is 10.0 Å². The second-order valence-electron chi connectivity index (χ2n) is 7.43. The Kier molecular flexibility index (Phi) is 9.03. The topological polar surface area (TPSA) is 37.4 Å². The van der Waals surface area contributed by atoms with Crippen molar-refractivity contribution in [3.8, 4) is 0 Å². The highest BCUT2D eigenvalue weighted by Crippen LogP contribution is 2.51. The highest BCUT2D eigenvalue weighted by atomic mass is 32.2. The maximum Gasteiger partial charge on any atom is 0.211 e. The smallest absolute Gasteiger partial charge is 0.211 e. The zero-order valence-corrected chi connectivity index (χ0v) is 13.1. The van der Waals surface area contributed by atoms with E-state index in [9.17, 15) is 8.42 Å². The van der Waals surface area contributed by atoms with E-state index in [0.717, 1.165) is 6.42 Å². The first-order valence-electron chi connectivity index (χ1n) is 6.31. The van der Waals surface area contributed by atoms with Crippen LogP contribution in [0.1, 0.15) is 70.2 Å². The molecule has 1 saturated carbocycles. The van der Waals surface area contributed by atoms with E-state index >= 15 is 0 Å². The normalized spacial score (nSPS) is 22.4. The van der Waals surface area contributed by atoms with Crippen LogP contribution in [0.25, 0.3) is 0 Å². The van der Waals surface area contributed by atoms with Gasteiger partial charge in [-0.2, -0.15) is 4.31 Å². The maximum absolute atomic E-state index is 11.8. The molecule has 2 unspecified atom stereocenters. The summed E-state index contributed by atoms with van der Waals surface area (Å²) in [7, 11) is -3.11. The van der Waals surface area contributed by atoms with Crippen LogP contribution in [0.2, 0.25) is 0 Å². The summed E-state index contributed by atoms with van der Waals surface area (Å²) in [4.78, 5) is 0. The molecule has 0 bridgehead atoms. The van der Waals surface area contributed by atoms with Crippen molar-refractivity contribution >= 4 is 10.0 Å². The van der Waals surface area contributed by atoms with Crippen LogP contribution in [0.4, 0.5) is 0 Å². The molecule has 1 aliphatic rings. The Morgan fingerprint density at radius 2 is 1.40 bits per heavy atom. The van der Waals surface area contributed by atoms with E-state index in [0.29, 0.717) is 23.8 Å². The van der Waals surface area contributed by atoms with Gasteiger partial charge in [0.1, 0.15) is 0 Å². The van der Waals surface area contributed by atoms with E-state index in [1.54, 1.807) is 4.31 Å². The van der Waals surface area contributed by atoms with Crippen LogP contribution in [0.15, 0.2) is 0 Å². The van der Waals surface area contributed by atoms with E-state index in [4.69, 9.17) is 0 Å². The van der Waals surface area contributed by atoms with Crippen LogP contribution in [0.3, 0.4) is 0 Å². The first kappa shape index (κ1) is 24.9. The highest BCUT2D eigenvalue weighted by Gasteiger charge is 2.47. The summed E-state index contributed by atoms with van der Waals surface area (Å²) in [6.07, 6.45) is 2.47. The average molecular weight is 310 g/mol. The lowest BCUT2D eigenvalue weighted by Gasteiger charge is -2.34. The van der Waals surface area contributed by atoms with Crippen LogP contribution < -0.4 is 0 Å². The van der Waals surface area contributed by atoms with Crippen molar-refractivity contribution in [1.29, 1.82) is 0 Å². The summed E-state index contributed by atoms with van der Waals surface area (Å²) in [5.74, 6) is 1.19. The van der Waals surface area contributed by atoms with Gasteiger partial charge in [-0.15, -0.1) is 0 Å². The van der Waals surface area contributed by atoms with Crippen LogP contribution in [-0.4, -0.2) is 31.1 Å². The van der Waals surface area contributed by atoms with Crippen molar-refractivity contribution in [3.63, 3.8) is 0 Å². The number of hydrogen-bond donors (Lipinski definition) is 0. The van der Waals surface area contributed by atoms with Crippen molar-refractivity contribution in [1.82, 2.24) is 4.31 Å². The predicted molar refractivity (Wildman–Crippen MR) is 92.5 cm³/mol. The van der Waals surface area contributed by atoms with Gasteiger partial charge in [0, 0.05) is 12.1 Å². The lowest BCUT2D eigenvalue weighted by atomic mass is 9.89. The molecule has 0 aromatic rings. The van der Waals surface area contributed by atoms with Gasteiger partial charge in [0.25, 0.3) is 0 Å². The molecule has 0 aromatic carbocycles. The third-order valence-electron chi connectivity index (χ3n) is 3.58. The van der Waals surface area contributed by atoms with Gasteiger partial charge < -0.3 is 0 Å². The fourth-order valence-electron chi connectivity index (χ4n) is 2.63. The molecule has 20 heavy (non-hydrogen) atoms. The van der Waals surface area contributed by atoms with Crippen molar-refractivity contribution in [2.75, 3.05) is 12.8 Å². The summed E-state index contributed by atoms with van der Waals surface area (Å²) in [6, 6.07) is 0. The van der Waals surface area contributed by atoms with Crippen LogP contribution in [0, 0.1) is 17.3 Å². The molecular weight excluding hydrogens is 270 g/mol. The Labute approximate surface area is 129 Å². The van der Waals surface area contributed by atoms with Gasteiger partial charge in [0.2, 0.25) is 10.0 Å². The molecule has 0 spiro atoms. The van der Waals surface area contributed by atoms with Gasteiger partial charge in [-0.25, -0.2) is 8.42 Å². The molecule has 0 amide bonds. The maximum atomic E-state index is 11.8. The summed E-state index contributed by atoms with van der Waals surface area (Å²) in [5.41, 5.74) is -0.0235. The minimum absolute atomic E-state index is 0. The Morgan fingerprint density at radius 1 is 1.00 bits per heavy atom. The number of rotatable bonds is 3. The molecule has 1 aliphatic carbocycles. The predicted octanol–water partition coefficient (Wildman–Crippen LogP) is 4.64. The fraction of sp³-hybridized carbons (Fsp3) is 1.00. The summed E-state index contributed by atoms with van der Waals surface area (Å²) in [6.45, 7) is 13.3. The van der Waals surface area contributed by atoms with Crippen molar-refractivity contribution in [2.24, 2.45) is 17.3 Å². The van der Waals surface area contributed by atoms with Gasteiger partial charge in [0.15, 0.2) is 0 Å². The molecule has 1 fully saturated rings. The third-order valence-corrected chi connectivity index (χ3v) is 5.08. The molecule has 126 valence electrons. The minimum Gasteiger partial charge on any atom is -0.212 e. The van der Waals surface area contributed by atoms with Crippen molar-refractivity contribution < 1.29 is 8.42 Å². The largest absolute Gasteiger partial charge is 0.212 e. The second kappa shape index (κ2) is 7.26. The minimum atomic E-state index is -3.11. The molecule has 4 heteroatoms. The van der Waals surface area contributed by atoms with E-state index in [1.807, 2.05) is 20.8 Å². The Bertz CT molecular complexity index is 374. The summed E-state index contributed by atoms with van der Waals surface area (Å²) < 4.78 is 25.3. The molecular formula is C16H39NO2S. The molecule has 2 atom stereocenters. The van der Waals surface area contributed by atoms with Gasteiger partial charge in [0.05, 0.1) is 6.26 Å². The second-order valence-corrected chi connectivity index (χ2v) is 9.34. The number of sulfonamides is 1. The quantitative estimate of drug-likeness (QED) is 0.761. The molecule has 0 aliphatic heterocycles. The number of nitrogens with zero attached hydrogens (tertiary/aromatic N) is 1. The molecule has 0 N–H and O–H groups in total. The first-order chi connectivity index (χ1) is 7.33. The molecule has 0 aromatic heterocycles. The molecule has 0 radical (unpaired) electrons. The molecule has 1 rings (SSSR count). The molecule has 0 saturated heterocycles. The van der Waals surface area contributed by atoms with Gasteiger partial charge in [-0.05, 0) is 44.4 Å². The van der Waals surface area contributed by atoms with Crippen LogP contribution in [-0.2, 0) is 10.0 Å². The van der Waals surface area contributed by atoms with Gasteiger partial charge >= 0.3 is 0 Å². The highest BCUT2D eigenvalue weighted by molar-refractivity contribution is 7.88. The van der Waals surface area contributed by atoms with Crippen molar-refractivity contribution in [2.45, 2.75) is 75.8 Å². The van der Waals surface area contributed by atoms with Crippen molar-refractivity contribution in [3.05, 3.63) is 0 Å². The molecule has 0 heterocycles. The summed E-state index contributed by atoms with van der Waals surface area (Å²) in [5, 5.41) is 0.